The van der Waals surface area contributed by atoms with Gasteiger partial charge in [0.1, 0.15) is 11.2 Å². The van der Waals surface area contributed by atoms with Gasteiger partial charge in [0.2, 0.25) is 5.91 Å². The number of halogens is 3. The predicted octanol–water partition coefficient (Wildman–Crippen LogP) is 7.36. The molecule has 2 aliphatic rings. The number of hydrogen-bond acceptors (Lipinski definition) is 4. The van der Waals surface area contributed by atoms with Crippen molar-refractivity contribution in [3.8, 4) is 0 Å². The zero-order valence-electron chi connectivity index (χ0n) is 21.3. The first-order valence-electron chi connectivity index (χ1n) is 11.7. The molecule has 2 unspecified atom stereocenters. The van der Waals surface area contributed by atoms with Crippen LogP contribution < -0.4 is 0 Å². The molecule has 1 fully saturated rings. The van der Waals surface area contributed by atoms with E-state index in [9.17, 15) is 9.18 Å². The first-order valence-corrected chi connectivity index (χ1v) is 13.5. The third-order valence-corrected chi connectivity index (χ3v) is 6.91. The molecule has 1 aromatic rings. The van der Waals surface area contributed by atoms with E-state index in [4.69, 9.17) is 33.0 Å². The number of thioether (sulfide) groups is 1. The summed E-state index contributed by atoms with van der Waals surface area (Å²) in [5, 5.41) is 4.44. The molecule has 1 saturated heterocycles. The Morgan fingerprint density at radius 2 is 1.94 bits per heavy atom. The molecule has 0 spiro atoms. The van der Waals surface area contributed by atoms with Crippen molar-refractivity contribution in [1.82, 2.24) is 14.7 Å². The van der Waals surface area contributed by atoms with Gasteiger partial charge in [0, 0.05) is 37.6 Å². The minimum atomic E-state index is -0.651. The van der Waals surface area contributed by atoms with Crippen molar-refractivity contribution in [3.05, 3.63) is 83.0 Å². The Bertz CT molecular complexity index is 1050. The van der Waals surface area contributed by atoms with E-state index in [0.29, 0.717) is 22.1 Å². The number of amides is 1. The van der Waals surface area contributed by atoms with Crippen LogP contribution >= 0.6 is 35.0 Å². The van der Waals surface area contributed by atoms with E-state index < -0.39 is 11.2 Å². The molecule has 0 bridgehead atoms. The number of ether oxygens (including phenoxy) is 1. The number of allylic oxidation sites excluding steroid dienone is 12. The van der Waals surface area contributed by atoms with Gasteiger partial charge in [0.25, 0.3) is 0 Å². The normalized spacial score (nSPS) is 20.0. The lowest BCUT2D eigenvalue weighted by molar-refractivity contribution is -0.126. The summed E-state index contributed by atoms with van der Waals surface area (Å²) in [6.07, 6.45) is 19.2. The Kier molecular flexibility index (Phi) is 12.8. The van der Waals surface area contributed by atoms with Crippen molar-refractivity contribution >= 4 is 46.4 Å². The van der Waals surface area contributed by atoms with Crippen molar-refractivity contribution < 1.29 is 13.9 Å². The Balaban J connectivity index is 0.000000830. The highest BCUT2D eigenvalue weighted by molar-refractivity contribution is 8.00. The first-order chi connectivity index (χ1) is 17.2. The van der Waals surface area contributed by atoms with Crippen molar-refractivity contribution in [2.24, 2.45) is 0 Å². The second-order valence-corrected chi connectivity index (χ2v) is 10.5. The van der Waals surface area contributed by atoms with Crippen LogP contribution in [0, 0.1) is 0 Å². The van der Waals surface area contributed by atoms with Crippen molar-refractivity contribution in [2.75, 3.05) is 26.5 Å². The lowest BCUT2D eigenvalue weighted by atomic mass is 10.1. The smallest absolute Gasteiger partial charge is 0.233 e. The van der Waals surface area contributed by atoms with Crippen molar-refractivity contribution in [3.63, 3.8) is 0 Å². The van der Waals surface area contributed by atoms with Gasteiger partial charge in [-0.25, -0.2) is 4.39 Å². The monoisotopic (exact) mass is 553 g/mol. The van der Waals surface area contributed by atoms with E-state index in [1.54, 1.807) is 39.0 Å². The maximum Gasteiger partial charge on any atom is 0.233 e. The molecule has 0 aromatic carbocycles. The van der Waals surface area contributed by atoms with Gasteiger partial charge in [0.15, 0.2) is 0 Å². The van der Waals surface area contributed by atoms with E-state index in [0.717, 1.165) is 18.6 Å². The van der Waals surface area contributed by atoms with Gasteiger partial charge in [-0.15, -0.1) is 23.4 Å². The van der Waals surface area contributed by atoms with Gasteiger partial charge < -0.3 is 9.64 Å². The number of rotatable bonds is 8. The quantitative estimate of drug-likeness (QED) is 0.249. The van der Waals surface area contributed by atoms with Crippen LogP contribution in [0.1, 0.15) is 49.9 Å². The Morgan fingerprint density at radius 3 is 2.44 bits per heavy atom. The van der Waals surface area contributed by atoms with Crippen LogP contribution in [0.2, 0.25) is 0 Å². The lowest BCUT2D eigenvalue weighted by Gasteiger charge is -2.18. The number of carbonyl (C=O) groups excluding carboxylic acids is 1. The molecule has 36 heavy (non-hydrogen) atoms. The molecule has 1 aliphatic heterocycles. The highest BCUT2D eigenvalue weighted by Crippen LogP contribution is 2.41. The highest BCUT2D eigenvalue weighted by Gasteiger charge is 2.33. The maximum absolute atomic E-state index is 14.6. The van der Waals surface area contributed by atoms with Crippen LogP contribution in [-0.2, 0) is 9.53 Å². The molecule has 1 aromatic heterocycles. The zero-order valence-corrected chi connectivity index (χ0v) is 23.7. The summed E-state index contributed by atoms with van der Waals surface area (Å²) < 4.78 is 21.1. The second kappa shape index (κ2) is 15.3. The van der Waals surface area contributed by atoms with Crippen LogP contribution in [0.5, 0.6) is 0 Å². The van der Waals surface area contributed by atoms with Crippen LogP contribution in [0.25, 0.3) is 5.57 Å². The van der Waals surface area contributed by atoms with Crippen LogP contribution in [0.3, 0.4) is 0 Å². The summed E-state index contributed by atoms with van der Waals surface area (Å²) in [7, 11) is 3.49. The van der Waals surface area contributed by atoms with E-state index in [1.807, 2.05) is 47.3 Å². The molecule has 196 valence electrons. The molecule has 2 heterocycles. The lowest BCUT2D eigenvalue weighted by Crippen LogP contribution is -2.23. The summed E-state index contributed by atoms with van der Waals surface area (Å²) in [4.78, 5) is 13.8. The fourth-order valence-corrected chi connectivity index (χ4v) is 5.22. The highest BCUT2D eigenvalue weighted by atomic mass is 35.5. The number of aromatic nitrogens is 2. The number of hydrogen-bond donors (Lipinski definition) is 0. The zero-order chi connectivity index (χ0) is 26.7. The average Bonchev–Trinajstić information content (AvgIpc) is 3.26. The SMILES string of the molecule is C/C(Cl)=C\C(Cl)/C=C(F)/C=C(\C)c1nn(C2C=CC=CC=C2)cc1C1SCC(=O)N1C.CCCOC. The molecule has 3 rings (SSSR count). The number of alkyl halides is 1. The molecule has 2 atom stereocenters. The van der Waals surface area contributed by atoms with Gasteiger partial charge in [-0.05, 0) is 44.1 Å². The molecule has 9 heteroatoms. The molecule has 0 radical (unpaired) electrons. The van der Waals surface area contributed by atoms with Crippen LogP contribution in [-0.4, -0.2) is 52.5 Å². The predicted molar refractivity (Wildman–Crippen MR) is 151 cm³/mol. The molecular weight excluding hydrogens is 520 g/mol. The third-order valence-electron chi connectivity index (χ3n) is 5.24. The van der Waals surface area contributed by atoms with E-state index in [1.165, 1.54) is 23.9 Å². The Hall–Kier alpha value is -2.06. The first kappa shape index (κ1) is 30.2. The standard InChI is InChI=1S/C23H24Cl2FN3OS.C4H10O/c1-15(10-18(26)12-17(25)11-16(2)24)22-20(23-28(3)21(30)14-31-23)13-29(27-22)19-8-6-4-5-7-9-19;1-3-4-5-2/h4-13,17,19,23H,14H2,1-3H3;3-4H2,1-2H3/b15-10+,16-11+,18-12-;. The van der Waals surface area contributed by atoms with Crippen LogP contribution in [0.4, 0.5) is 4.39 Å². The Morgan fingerprint density at radius 1 is 1.28 bits per heavy atom. The molecule has 5 nitrogen and oxygen atoms in total. The van der Waals surface area contributed by atoms with Crippen LogP contribution in [0.15, 0.2) is 71.7 Å². The summed E-state index contributed by atoms with van der Waals surface area (Å²) in [6.45, 7) is 6.46. The average molecular weight is 555 g/mol. The Labute approximate surface area is 228 Å². The van der Waals surface area contributed by atoms with Gasteiger partial charge >= 0.3 is 0 Å². The molecule has 1 amide bonds. The minimum Gasteiger partial charge on any atom is -0.385 e. The summed E-state index contributed by atoms with van der Waals surface area (Å²) in [6, 6.07) is -0.0767. The topological polar surface area (TPSA) is 47.4 Å². The van der Waals surface area contributed by atoms with Crippen molar-refractivity contribution in [1.29, 1.82) is 0 Å². The van der Waals surface area contributed by atoms with Gasteiger partial charge in [-0.2, -0.15) is 5.10 Å². The number of nitrogens with zero attached hydrogens (tertiary/aromatic N) is 3. The van der Waals surface area contributed by atoms with Gasteiger partial charge in [-0.3, -0.25) is 9.48 Å². The fraction of sp³-hybridized carbons (Fsp3) is 0.407. The van der Waals surface area contributed by atoms with Gasteiger partial charge in [0.05, 0.1) is 22.9 Å². The van der Waals surface area contributed by atoms with E-state index in [-0.39, 0.29) is 17.3 Å². The largest absolute Gasteiger partial charge is 0.385 e. The minimum absolute atomic E-state index is 0.0630. The summed E-state index contributed by atoms with van der Waals surface area (Å²) >= 11 is 13.4. The molecule has 0 saturated carbocycles. The molecular formula is C27H34Cl2FN3O2S. The summed E-state index contributed by atoms with van der Waals surface area (Å²) in [5.74, 6) is -0.00390. The second-order valence-electron chi connectivity index (χ2n) is 8.30. The third kappa shape index (κ3) is 9.11. The fourth-order valence-electron chi connectivity index (χ4n) is 3.51. The van der Waals surface area contributed by atoms with Crippen molar-refractivity contribution in [2.45, 2.75) is 44.0 Å². The maximum atomic E-state index is 14.6. The van der Waals surface area contributed by atoms with E-state index in [2.05, 4.69) is 6.92 Å². The summed E-state index contributed by atoms with van der Waals surface area (Å²) in [5.41, 5.74) is 2.17. The van der Waals surface area contributed by atoms with E-state index >= 15 is 0 Å². The van der Waals surface area contributed by atoms with Gasteiger partial charge in [-0.1, -0.05) is 55.0 Å². The number of methoxy groups -OCH3 is 1. The number of carbonyl (C=O) groups is 1. The molecule has 0 N–H and O–H groups in total. The molecule has 1 aliphatic carbocycles.